The molecule has 0 spiro atoms. The number of carbonyl (C=O) groups excluding carboxylic acids is 1. The monoisotopic (exact) mass is 349 g/mol. The highest BCUT2D eigenvalue weighted by Gasteiger charge is 2.27. The first-order chi connectivity index (χ1) is 11.9. The Balaban J connectivity index is 1.62. The Labute approximate surface area is 150 Å². The third kappa shape index (κ3) is 6.59. The molecule has 1 aliphatic rings. The summed E-state index contributed by atoms with van der Waals surface area (Å²) in [6, 6.07) is 1.77. The van der Waals surface area contributed by atoms with Gasteiger partial charge in [0.1, 0.15) is 0 Å². The standard InChI is InChI=1S/C18H31N5O2/c1-18(2,3)15(24)14-22-10-12-23(13-11-22)16(25)6-4-7-19-17-20-8-5-9-21-17/h5,8-9,15,24H,4,6-7,10-14H2,1-3H3,(H,19,20,21)/t15-/m0/s1. The van der Waals surface area contributed by atoms with Gasteiger partial charge in [-0.05, 0) is 17.9 Å². The molecule has 0 aliphatic carbocycles. The van der Waals surface area contributed by atoms with Crippen LogP contribution in [0.3, 0.4) is 0 Å². The molecule has 0 saturated carbocycles. The number of β-amino-alcohol motifs (C(OH)–C–C–N with tert-alkyl or cyclic N) is 1. The van der Waals surface area contributed by atoms with Crippen LogP contribution in [0.1, 0.15) is 33.6 Å². The second kappa shape index (κ2) is 9.10. The highest BCUT2D eigenvalue weighted by Crippen LogP contribution is 2.20. The molecule has 2 rings (SSSR count). The zero-order chi connectivity index (χ0) is 18.3. The third-order valence-corrected chi connectivity index (χ3v) is 4.57. The van der Waals surface area contributed by atoms with E-state index in [1.807, 2.05) is 25.7 Å². The molecule has 7 heteroatoms. The van der Waals surface area contributed by atoms with Gasteiger partial charge in [-0.1, -0.05) is 20.8 Å². The maximum Gasteiger partial charge on any atom is 0.222 e. The number of nitrogens with zero attached hydrogens (tertiary/aromatic N) is 4. The molecule has 7 nitrogen and oxygen atoms in total. The molecule has 1 fully saturated rings. The summed E-state index contributed by atoms with van der Waals surface area (Å²) in [4.78, 5) is 24.7. The van der Waals surface area contributed by atoms with Crippen molar-refractivity contribution in [3.8, 4) is 0 Å². The summed E-state index contributed by atoms with van der Waals surface area (Å²) in [7, 11) is 0. The highest BCUT2D eigenvalue weighted by atomic mass is 16.3. The Kier molecular flexibility index (Phi) is 7.13. The normalized spacial score (nSPS) is 17.4. The van der Waals surface area contributed by atoms with Crippen LogP contribution >= 0.6 is 0 Å². The Morgan fingerprint density at radius 2 is 1.88 bits per heavy atom. The molecule has 0 unspecified atom stereocenters. The lowest BCUT2D eigenvalue weighted by molar-refractivity contribution is -0.133. The number of piperazine rings is 1. The van der Waals surface area contributed by atoms with E-state index < -0.39 is 0 Å². The smallest absolute Gasteiger partial charge is 0.222 e. The van der Waals surface area contributed by atoms with Crippen LogP contribution in [0, 0.1) is 5.41 Å². The van der Waals surface area contributed by atoms with Crippen LogP contribution < -0.4 is 5.32 Å². The molecule has 1 atom stereocenters. The van der Waals surface area contributed by atoms with Crippen LogP contribution in [0.25, 0.3) is 0 Å². The van der Waals surface area contributed by atoms with Crippen LogP contribution in [0.15, 0.2) is 18.5 Å². The van der Waals surface area contributed by atoms with Gasteiger partial charge in [-0.25, -0.2) is 9.97 Å². The Hall–Kier alpha value is -1.73. The van der Waals surface area contributed by atoms with Crippen molar-refractivity contribution in [1.29, 1.82) is 0 Å². The Morgan fingerprint density at radius 3 is 2.48 bits per heavy atom. The predicted molar refractivity (Wildman–Crippen MR) is 98.2 cm³/mol. The van der Waals surface area contributed by atoms with Gasteiger partial charge in [0, 0.05) is 58.1 Å². The molecule has 1 amide bonds. The summed E-state index contributed by atoms with van der Waals surface area (Å²) < 4.78 is 0. The van der Waals surface area contributed by atoms with E-state index >= 15 is 0 Å². The SMILES string of the molecule is CC(C)(C)[C@@H](O)CN1CCN(C(=O)CCCNc2ncccn2)CC1. The van der Waals surface area contributed by atoms with Gasteiger partial charge >= 0.3 is 0 Å². The fraction of sp³-hybridized carbons (Fsp3) is 0.722. The van der Waals surface area contributed by atoms with Crippen LogP contribution in [0.5, 0.6) is 0 Å². The molecule has 1 aromatic rings. The number of anilines is 1. The first-order valence-corrected chi connectivity index (χ1v) is 9.05. The van der Waals surface area contributed by atoms with Gasteiger partial charge < -0.3 is 15.3 Å². The quantitative estimate of drug-likeness (QED) is 0.721. The molecule has 140 valence electrons. The predicted octanol–water partition coefficient (Wildman–Crippen LogP) is 1.22. The topological polar surface area (TPSA) is 81.6 Å². The average molecular weight is 349 g/mol. The van der Waals surface area contributed by atoms with E-state index in [1.165, 1.54) is 0 Å². The van der Waals surface area contributed by atoms with Gasteiger partial charge in [0.2, 0.25) is 11.9 Å². The first kappa shape index (κ1) is 19.6. The van der Waals surface area contributed by atoms with Crippen molar-refractivity contribution < 1.29 is 9.90 Å². The van der Waals surface area contributed by atoms with Crippen LogP contribution in [0.2, 0.25) is 0 Å². The molecular weight excluding hydrogens is 318 g/mol. The van der Waals surface area contributed by atoms with E-state index in [0.717, 1.165) is 32.6 Å². The maximum absolute atomic E-state index is 12.3. The summed E-state index contributed by atoms with van der Waals surface area (Å²) in [6.07, 6.45) is 4.33. The number of nitrogens with one attached hydrogen (secondary N) is 1. The molecule has 1 saturated heterocycles. The molecule has 0 bridgehead atoms. The zero-order valence-corrected chi connectivity index (χ0v) is 15.6. The molecule has 2 N–H and O–H groups in total. The summed E-state index contributed by atoms with van der Waals surface area (Å²) in [5, 5.41) is 13.3. The van der Waals surface area contributed by atoms with E-state index in [0.29, 0.717) is 25.5 Å². The minimum Gasteiger partial charge on any atom is -0.391 e. The fourth-order valence-electron chi connectivity index (χ4n) is 2.69. The van der Waals surface area contributed by atoms with Gasteiger partial charge in [-0.2, -0.15) is 0 Å². The van der Waals surface area contributed by atoms with Gasteiger partial charge in [-0.15, -0.1) is 0 Å². The second-order valence-corrected chi connectivity index (χ2v) is 7.67. The number of rotatable bonds is 7. The molecule has 1 aromatic heterocycles. The molecular formula is C18H31N5O2. The number of aliphatic hydroxyl groups excluding tert-OH is 1. The number of aliphatic hydroxyl groups is 1. The summed E-state index contributed by atoms with van der Waals surface area (Å²) in [5.41, 5.74) is -0.109. The van der Waals surface area contributed by atoms with Crippen molar-refractivity contribution in [2.45, 2.75) is 39.7 Å². The number of amides is 1. The Morgan fingerprint density at radius 1 is 1.24 bits per heavy atom. The second-order valence-electron chi connectivity index (χ2n) is 7.67. The molecule has 0 aromatic carbocycles. The molecule has 25 heavy (non-hydrogen) atoms. The number of carbonyl (C=O) groups is 1. The maximum atomic E-state index is 12.3. The fourth-order valence-corrected chi connectivity index (χ4v) is 2.69. The third-order valence-electron chi connectivity index (χ3n) is 4.57. The van der Waals surface area contributed by atoms with Crippen molar-refractivity contribution in [1.82, 2.24) is 19.8 Å². The minimum atomic E-state index is -0.346. The van der Waals surface area contributed by atoms with Crippen molar-refractivity contribution >= 4 is 11.9 Å². The summed E-state index contributed by atoms with van der Waals surface area (Å²) >= 11 is 0. The number of hydrogen-bond donors (Lipinski definition) is 2. The zero-order valence-electron chi connectivity index (χ0n) is 15.6. The summed E-state index contributed by atoms with van der Waals surface area (Å²) in [5.74, 6) is 0.799. The van der Waals surface area contributed by atoms with Gasteiger partial charge in [0.05, 0.1) is 6.10 Å². The van der Waals surface area contributed by atoms with Gasteiger partial charge in [0.25, 0.3) is 0 Å². The van der Waals surface area contributed by atoms with Crippen molar-refractivity contribution in [2.24, 2.45) is 5.41 Å². The van der Waals surface area contributed by atoms with E-state index in [1.54, 1.807) is 18.5 Å². The van der Waals surface area contributed by atoms with Crippen molar-refractivity contribution in [2.75, 3.05) is 44.6 Å². The van der Waals surface area contributed by atoms with Crippen molar-refractivity contribution in [3.63, 3.8) is 0 Å². The number of hydrogen-bond acceptors (Lipinski definition) is 6. The van der Waals surface area contributed by atoms with Crippen LogP contribution in [-0.2, 0) is 4.79 Å². The van der Waals surface area contributed by atoms with Gasteiger partial charge in [-0.3, -0.25) is 9.69 Å². The highest BCUT2D eigenvalue weighted by molar-refractivity contribution is 5.76. The Bertz CT molecular complexity index is 524. The van der Waals surface area contributed by atoms with Gasteiger partial charge in [0.15, 0.2) is 0 Å². The number of aromatic nitrogens is 2. The largest absolute Gasteiger partial charge is 0.391 e. The van der Waals surface area contributed by atoms with E-state index in [9.17, 15) is 9.90 Å². The lowest BCUT2D eigenvalue weighted by Crippen LogP contribution is -2.51. The van der Waals surface area contributed by atoms with E-state index in [2.05, 4.69) is 20.2 Å². The molecule has 2 heterocycles. The first-order valence-electron chi connectivity index (χ1n) is 9.05. The average Bonchev–Trinajstić information content (AvgIpc) is 2.59. The summed E-state index contributed by atoms with van der Waals surface area (Å²) in [6.45, 7) is 10.6. The van der Waals surface area contributed by atoms with E-state index in [-0.39, 0.29) is 17.4 Å². The van der Waals surface area contributed by atoms with E-state index in [4.69, 9.17) is 0 Å². The van der Waals surface area contributed by atoms with Crippen molar-refractivity contribution in [3.05, 3.63) is 18.5 Å². The van der Waals surface area contributed by atoms with Crippen LogP contribution in [-0.4, -0.2) is 76.2 Å². The molecule has 0 radical (unpaired) electrons. The lowest BCUT2D eigenvalue weighted by atomic mass is 9.89. The molecule has 1 aliphatic heterocycles. The minimum absolute atomic E-state index is 0.109. The lowest BCUT2D eigenvalue weighted by Gasteiger charge is -2.38. The van der Waals surface area contributed by atoms with Crippen LogP contribution in [0.4, 0.5) is 5.95 Å².